The summed E-state index contributed by atoms with van der Waals surface area (Å²) in [7, 11) is 0. The number of halogens is 6. The molecule has 2 aliphatic rings. The molecule has 1 atom stereocenters. The van der Waals surface area contributed by atoms with Gasteiger partial charge in [-0.25, -0.2) is 4.98 Å². The van der Waals surface area contributed by atoms with Crippen molar-refractivity contribution in [3.8, 4) is 5.75 Å². The first-order chi connectivity index (χ1) is 21.0. The zero-order valence-electron chi connectivity index (χ0n) is 23.7. The molecule has 44 heavy (non-hydrogen) atoms. The molecule has 0 spiro atoms. The van der Waals surface area contributed by atoms with Crippen LogP contribution in [0.2, 0.25) is 0 Å². The Labute approximate surface area is 250 Å². The van der Waals surface area contributed by atoms with Crippen LogP contribution in [0.4, 0.5) is 26.3 Å². The van der Waals surface area contributed by atoms with Gasteiger partial charge in [-0.1, -0.05) is 54.6 Å². The summed E-state index contributed by atoms with van der Waals surface area (Å²) in [6.07, 6.45) is -9.19. The third-order valence-electron chi connectivity index (χ3n) is 8.43. The SMILES string of the molecule is OC(COc1cccc2nc(C(F)(F)F)cc(C(F)(F)F)c12)CN1CCN(C2c3ccccc3CCc3ccccc32)CC1. The number of aryl methyl sites for hydroxylation is 2. The van der Waals surface area contributed by atoms with Crippen molar-refractivity contribution in [3.05, 3.63) is 106 Å². The molecule has 3 aromatic carbocycles. The predicted octanol–water partition coefficient (Wildman–Crippen LogP) is 6.52. The van der Waals surface area contributed by atoms with Crippen LogP contribution in [0.3, 0.4) is 0 Å². The molecule has 1 unspecified atom stereocenters. The smallest absolute Gasteiger partial charge is 0.433 e. The van der Waals surface area contributed by atoms with E-state index in [0.717, 1.165) is 32.0 Å². The standard InChI is InChI=1S/C33H31F6N3O2/c34-32(35,36)26-18-29(33(37,38)39)40-27-10-5-11-28(30(26)27)44-20-23(43)19-41-14-16-42(17-15-41)31-24-8-3-1-6-21(24)12-13-22-7-2-4-9-25(22)31/h1-11,18,23,31,43H,12-17,19-20H2. The number of aliphatic hydroxyl groups is 1. The molecule has 1 saturated heterocycles. The molecule has 11 heteroatoms. The Morgan fingerprint density at radius 2 is 1.41 bits per heavy atom. The molecule has 1 N–H and O–H groups in total. The third kappa shape index (κ3) is 6.27. The van der Waals surface area contributed by atoms with E-state index in [1.54, 1.807) is 0 Å². The number of aliphatic hydroxyl groups excluding tert-OH is 1. The highest BCUT2D eigenvalue weighted by Gasteiger charge is 2.40. The molecule has 0 saturated carbocycles. The zero-order chi connectivity index (χ0) is 31.1. The van der Waals surface area contributed by atoms with Gasteiger partial charge in [-0.2, -0.15) is 26.3 Å². The van der Waals surface area contributed by atoms with Crippen LogP contribution < -0.4 is 4.74 Å². The first kappa shape index (κ1) is 30.4. The van der Waals surface area contributed by atoms with Gasteiger partial charge in [0.2, 0.25) is 0 Å². The van der Waals surface area contributed by atoms with Crippen molar-refractivity contribution in [1.29, 1.82) is 0 Å². The maximum Gasteiger partial charge on any atom is 0.433 e. The summed E-state index contributed by atoms with van der Waals surface area (Å²) in [5.74, 6) is -0.286. The van der Waals surface area contributed by atoms with Gasteiger partial charge in [-0.05, 0) is 53.3 Å². The number of pyridine rings is 1. The van der Waals surface area contributed by atoms with Gasteiger partial charge in [0.05, 0.1) is 22.5 Å². The van der Waals surface area contributed by atoms with Crippen LogP contribution >= 0.6 is 0 Å². The summed E-state index contributed by atoms with van der Waals surface area (Å²) < 4.78 is 86.7. The second-order valence-corrected chi connectivity index (χ2v) is 11.3. The molecule has 0 bridgehead atoms. The summed E-state index contributed by atoms with van der Waals surface area (Å²) in [6, 6.07) is 20.8. The second-order valence-electron chi connectivity index (χ2n) is 11.3. The fourth-order valence-electron chi connectivity index (χ4n) is 6.37. The van der Waals surface area contributed by atoms with Gasteiger partial charge in [-0.3, -0.25) is 9.80 Å². The first-order valence-corrected chi connectivity index (χ1v) is 14.5. The van der Waals surface area contributed by atoms with Gasteiger partial charge in [-0.15, -0.1) is 0 Å². The second kappa shape index (κ2) is 12.0. The van der Waals surface area contributed by atoms with Crippen LogP contribution in [0.15, 0.2) is 72.8 Å². The molecule has 6 rings (SSSR count). The molecule has 1 aromatic heterocycles. The molecule has 0 amide bonds. The van der Waals surface area contributed by atoms with Crippen LogP contribution in [0.1, 0.15) is 39.6 Å². The fraction of sp³-hybridized carbons (Fsp3) is 0.364. The van der Waals surface area contributed by atoms with Crippen LogP contribution in [0.5, 0.6) is 5.75 Å². The van der Waals surface area contributed by atoms with Crippen molar-refractivity contribution in [1.82, 2.24) is 14.8 Å². The minimum atomic E-state index is -5.07. The number of alkyl halides is 6. The Bertz CT molecular complexity index is 1580. The number of fused-ring (bicyclic) bond motifs is 3. The minimum Gasteiger partial charge on any atom is -0.490 e. The molecule has 2 heterocycles. The molecule has 1 aliphatic carbocycles. The maximum absolute atomic E-state index is 13.8. The Balaban J connectivity index is 1.13. The Kier molecular flexibility index (Phi) is 8.29. The van der Waals surface area contributed by atoms with E-state index < -0.39 is 40.6 Å². The molecule has 1 fully saturated rings. The van der Waals surface area contributed by atoms with Crippen LogP contribution in [0, 0.1) is 0 Å². The Morgan fingerprint density at radius 3 is 2.00 bits per heavy atom. The molecular weight excluding hydrogens is 584 g/mol. The molecule has 1 aliphatic heterocycles. The summed E-state index contributed by atoms with van der Waals surface area (Å²) in [5.41, 5.74) is 1.69. The highest BCUT2D eigenvalue weighted by Crippen LogP contribution is 2.42. The number of β-amino-alcohol motifs (C(OH)–C–C–N with tert-alkyl or cyclic N) is 1. The van der Waals surface area contributed by atoms with Gasteiger partial charge >= 0.3 is 12.4 Å². The number of nitrogens with zero attached hydrogens (tertiary/aromatic N) is 3. The van der Waals surface area contributed by atoms with E-state index in [-0.39, 0.29) is 31.0 Å². The number of piperazine rings is 1. The van der Waals surface area contributed by atoms with E-state index in [1.165, 1.54) is 34.4 Å². The molecular formula is C33H31F6N3O2. The van der Waals surface area contributed by atoms with E-state index in [4.69, 9.17) is 4.74 Å². The van der Waals surface area contributed by atoms with Gasteiger partial charge in [0.15, 0.2) is 0 Å². The average molecular weight is 616 g/mol. The van der Waals surface area contributed by atoms with Crippen molar-refractivity contribution in [2.75, 3.05) is 39.3 Å². The predicted molar refractivity (Wildman–Crippen MR) is 153 cm³/mol. The maximum atomic E-state index is 13.8. The van der Waals surface area contributed by atoms with Gasteiger partial charge in [0.1, 0.15) is 24.2 Å². The average Bonchev–Trinajstić information content (AvgIpc) is 3.16. The molecule has 0 radical (unpaired) electrons. The van der Waals surface area contributed by atoms with Crippen molar-refractivity contribution >= 4 is 10.9 Å². The number of aromatic nitrogens is 1. The normalized spacial score (nSPS) is 17.6. The summed E-state index contributed by atoms with van der Waals surface area (Å²) in [4.78, 5) is 7.94. The third-order valence-corrected chi connectivity index (χ3v) is 8.43. The topological polar surface area (TPSA) is 48.8 Å². The molecule has 5 nitrogen and oxygen atoms in total. The number of rotatable bonds is 6. The van der Waals surface area contributed by atoms with Crippen molar-refractivity contribution in [2.45, 2.75) is 37.3 Å². The lowest BCUT2D eigenvalue weighted by atomic mass is 9.92. The lowest BCUT2D eigenvalue weighted by Gasteiger charge is -2.40. The van der Waals surface area contributed by atoms with Crippen LogP contribution in [0.25, 0.3) is 10.9 Å². The van der Waals surface area contributed by atoms with E-state index in [2.05, 4.69) is 63.3 Å². The minimum absolute atomic E-state index is 0.00379. The van der Waals surface area contributed by atoms with Crippen molar-refractivity contribution in [2.24, 2.45) is 0 Å². The lowest BCUT2D eigenvalue weighted by molar-refractivity contribution is -0.144. The number of ether oxygens (including phenoxy) is 1. The van der Waals surface area contributed by atoms with Crippen molar-refractivity contribution < 1.29 is 36.2 Å². The zero-order valence-corrected chi connectivity index (χ0v) is 23.7. The summed E-state index contributed by atoms with van der Waals surface area (Å²) >= 11 is 0. The summed E-state index contributed by atoms with van der Waals surface area (Å²) in [6.45, 7) is 2.77. The molecule has 4 aromatic rings. The van der Waals surface area contributed by atoms with Crippen molar-refractivity contribution in [3.63, 3.8) is 0 Å². The highest BCUT2D eigenvalue weighted by atomic mass is 19.4. The first-order valence-electron chi connectivity index (χ1n) is 14.5. The van der Waals surface area contributed by atoms with E-state index in [9.17, 15) is 31.4 Å². The van der Waals surface area contributed by atoms with E-state index >= 15 is 0 Å². The van der Waals surface area contributed by atoms with Gasteiger partial charge in [0, 0.05) is 32.7 Å². The van der Waals surface area contributed by atoms with Gasteiger partial charge < -0.3 is 9.84 Å². The number of hydrogen-bond acceptors (Lipinski definition) is 5. The number of hydrogen-bond donors (Lipinski definition) is 1. The van der Waals surface area contributed by atoms with Crippen LogP contribution in [-0.2, 0) is 25.2 Å². The monoisotopic (exact) mass is 615 g/mol. The quantitative estimate of drug-likeness (QED) is 0.251. The fourth-order valence-corrected chi connectivity index (χ4v) is 6.37. The van der Waals surface area contributed by atoms with Crippen LogP contribution in [-0.4, -0.2) is 65.3 Å². The lowest BCUT2D eigenvalue weighted by Crippen LogP contribution is -2.50. The number of benzene rings is 3. The summed E-state index contributed by atoms with van der Waals surface area (Å²) in [5, 5.41) is 10.2. The Morgan fingerprint density at radius 1 is 0.795 bits per heavy atom. The van der Waals surface area contributed by atoms with Gasteiger partial charge in [0.25, 0.3) is 0 Å². The Hall–Kier alpha value is -3.67. The molecule has 232 valence electrons. The van der Waals surface area contributed by atoms with E-state index in [1.807, 2.05) is 0 Å². The largest absolute Gasteiger partial charge is 0.490 e. The van der Waals surface area contributed by atoms with E-state index in [0.29, 0.717) is 13.1 Å². The highest BCUT2D eigenvalue weighted by molar-refractivity contribution is 5.89.